The molecule has 0 bridgehead atoms. The van der Waals surface area contributed by atoms with Gasteiger partial charge in [-0.3, -0.25) is 19.2 Å². The SMILES string of the molecule is COc1cccc2c1C(=O)c1c(O)c3c(c(O)c1C2=O)C[C@@](O)(C(=O)COC(=O)[C@H](NC(=O)CCC(C)=O)C(C)C)C[C@H]3OC1CC(N)C(O)C(C)O1. The van der Waals surface area contributed by atoms with Crippen LogP contribution < -0.4 is 15.8 Å². The molecule has 1 amide bonds. The summed E-state index contributed by atoms with van der Waals surface area (Å²) in [6, 6.07) is 2.28. The third kappa shape index (κ3) is 7.55. The number of phenols is 2. The second-order valence-corrected chi connectivity index (χ2v) is 14.1. The van der Waals surface area contributed by atoms with Gasteiger partial charge in [0.2, 0.25) is 17.5 Å². The number of fused-ring (bicyclic) bond motifs is 3. The molecule has 286 valence electrons. The number of carbonyl (C=O) groups is 6. The van der Waals surface area contributed by atoms with E-state index in [0.717, 1.165) is 0 Å². The molecule has 16 heteroatoms. The highest BCUT2D eigenvalue weighted by Gasteiger charge is 2.50. The van der Waals surface area contributed by atoms with Gasteiger partial charge < -0.3 is 55.2 Å². The molecule has 1 heterocycles. The van der Waals surface area contributed by atoms with Gasteiger partial charge in [0.25, 0.3) is 0 Å². The van der Waals surface area contributed by atoms with Crippen LogP contribution in [0.4, 0.5) is 0 Å². The Balaban J connectivity index is 1.51. The molecule has 2 aliphatic carbocycles. The van der Waals surface area contributed by atoms with Crippen molar-refractivity contribution in [2.24, 2.45) is 11.7 Å². The maximum absolute atomic E-state index is 13.9. The smallest absolute Gasteiger partial charge is 0.329 e. The molecule has 4 unspecified atom stereocenters. The van der Waals surface area contributed by atoms with E-state index in [0.29, 0.717) is 0 Å². The van der Waals surface area contributed by atoms with Crippen molar-refractivity contribution >= 4 is 35.0 Å². The summed E-state index contributed by atoms with van der Waals surface area (Å²) in [5, 5.41) is 48.2. The Morgan fingerprint density at radius 1 is 1.06 bits per heavy atom. The van der Waals surface area contributed by atoms with Crippen LogP contribution in [0.2, 0.25) is 0 Å². The molecule has 5 rings (SSSR count). The molecule has 2 aromatic rings. The fourth-order valence-corrected chi connectivity index (χ4v) is 7.00. The number of nitrogens with one attached hydrogen (secondary N) is 1. The largest absolute Gasteiger partial charge is 0.507 e. The zero-order valence-corrected chi connectivity index (χ0v) is 30.0. The van der Waals surface area contributed by atoms with E-state index in [1.807, 2.05) is 0 Å². The summed E-state index contributed by atoms with van der Waals surface area (Å²) < 4.78 is 22.5. The number of carbonyl (C=O) groups excluding carboxylic acids is 6. The Kier molecular flexibility index (Phi) is 11.4. The van der Waals surface area contributed by atoms with Crippen molar-refractivity contribution < 1.29 is 68.1 Å². The molecule has 7 N–H and O–H groups in total. The zero-order chi connectivity index (χ0) is 39.1. The molecule has 0 saturated carbocycles. The van der Waals surface area contributed by atoms with Crippen LogP contribution in [0.1, 0.15) is 102 Å². The fourth-order valence-electron chi connectivity index (χ4n) is 7.00. The minimum atomic E-state index is -2.45. The van der Waals surface area contributed by atoms with Crippen molar-refractivity contribution in [3.63, 3.8) is 0 Å². The summed E-state index contributed by atoms with van der Waals surface area (Å²) in [5.41, 5.74) is 1.85. The molecule has 1 aliphatic heterocycles. The summed E-state index contributed by atoms with van der Waals surface area (Å²) >= 11 is 0. The molecule has 2 aromatic carbocycles. The lowest BCUT2D eigenvalue weighted by Crippen LogP contribution is -2.53. The van der Waals surface area contributed by atoms with E-state index in [1.54, 1.807) is 20.8 Å². The Hall–Kier alpha value is -4.74. The third-order valence-corrected chi connectivity index (χ3v) is 9.95. The quantitative estimate of drug-likeness (QED) is 0.112. The molecule has 7 atom stereocenters. The van der Waals surface area contributed by atoms with Gasteiger partial charge in [-0.2, -0.15) is 0 Å². The van der Waals surface area contributed by atoms with Crippen molar-refractivity contribution in [1.82, 2.24) is 5.32 Å². The zero-order valence-electron chi connectivity index (χ0n) is 30.0. The highest BCUT2D eigenvalue weighted by atomic mass is 16.7. The highest BCUT2D eigenvalue weighted by Crippen LogP contribution is 2.52. The number of esters is 1. The number of phenolic OH excluding ortho intramolecular Hbond substituents is 2. The maximum Gasteiger partial charge on any atom is 0.329 e. The number of nitrogens with two attached hydrogens (primary N) is 1. The van der Waals surface area contributed by atoms with Gasteiger partial charge in [-0.25, -0.2) is 4.79 Å². The molecule has 53 heavy (non-hydrogen) atoms. The molecule has 16 nitrogen and oxygen atoms in total. The Morgan fingerprint density at radius 2 is 1.74 bits per heavy atom. The first kappa shape index (κ1) is 39.5. The normalized spacial score (nSPS) is 25.5. The van der Waals surface area contributed by atoms with E-state index < -0.39 is 120 Å². The third-order valence-electron chi connectivity index (χ3n) is 9.95. The molecule has 0 radical (unpaired) electrons. The van der Waals surface area contributed by atoms with Gasteiger partial charge in [0, 0.05) is 54.8 Å². The van der Waals surface area contributed by atoms with Crippen molar-refractivity contribution in [2.75, 3.05) is 13.7 Å². The van der Waals surface area contributed by atoms with E-state index in [9.17, 15) is 49.2 Å². The molecule has 0 aromatic heterocycles. The summed E-state index contributed by atoms with van der Waals surface area (Å²) in [5.74, 6) is -6.43. The van der Waals surface area contributed by atoms with Crippen LogP contribution in [-0.4, -0.2) is 105 Å². The number of hydrogen-bond donors (Lipinski definition) is 6. The van der Waals surface area contributed by atoms with Gasteiger partial charge in [0.05, 0.1) is 42.1 Å². The maximum atomic E-state index is 13.9. The minimum absolute atomic E-state index is 0.0364. The van der Waals surface area contributed by atoms with Crippen molar-refractivity contribution in [3.8, 4) is 17.2 Å². The fraction of sp³-hybridized carbons (Fsp3) is 0.514. The summed E-state index contributed by atoms with van der Waals surface area (Å²) in [4.78, 5) is 78.3. The monoisotopic (exact) mass is 740 g/mol. The summed E-state index contributed by atoms with van der Waals surface area (Å²) in [6.07, 6.45) is -6.06. The lowest BCUT2D eigenvalue weighted by atomic mass is 9.72. The predicted octanol–water partition coefficient (Wildman–Crippen LogP) is 1.06. The first-order valence-electron chi connectivity index (χ1n) is 17.2. The molecule has 1 saturated heterocycles. The first-order chi connectivity index (χ1) is 24.9. The standard InChI is InChI=1S/C37H44N2O14/c1-15(2)30(39-24(42)10-9-16(3)40)36(48)51-14-23(41)37(49)12-19-27(22(13-37)53-25-11-20(38)31(43)17(4)52-25)35(47)29-28(33(19)45)32(44)18-7-6-8-21(50-5)26(18)34(29)46/h6-8,15,17,20,22,25,30-31,43,45,47,49H,9-14,38H2,1-5H3,(H,39,42)/t17?,20?,22-,25?,30-,31?,37+/m1/s1. The molecular formula is C37H44N2O14. The number of aliphatic hydroxyl groups excluding tert-OH is 1. The number of benzene rings is 2. The second-order valence-electron chi connectivity index (χ2n) is 14.1. The number of rotatable bonds is 12. The van der Waals surface area contributed by atoms with Gasteiger partial charge in [-0.15, -0.1) is 0 Å². The molecule has 3 aliphatic rings. The number of ketones is 4. The van der Waals surface area contributed by atoms with Crippen molar-refractivity contribution in [2.45, 2.75) is 102 Å². The Morgan fingerprint density at radius 3 is 2.36 bits per heavy atom. The Labute approximate surface area is 304 Å². The molecule has 1 fully saturated rings. The molecule has 0 spiro atoms. The van der Waals surface area contributed by atoms with Crippen LogP contribution in [0.3, 0.4) is 0 Å². The van der Waals surface area contributed by atoms with E-state index in [-0.39, 0.29) is 53.0 Å². The average Bonchev–Trinajstić information content (AvgIpc) is 3.10. The topological polar surface area (TPSA) is 258 Å². The lowest BCUT2D eigenvalue weighted by Gasteiger charge is -2.42. The van der Waals surface area contributed by atoms with Gasteiger partial charge in [-0.05, 0) is 25.8 Å². The number of amides is 1. The van der Waals surface area contributed by atoms with Gasteiger partial charge in [0.1, 0.15) is 34.7 Å². The predicted molar refractivity (Wildman–Crippen MR) is 182 cm³/mol. The number of methoxy groups -OCH3 is 1. The van der Waals surface area contributed by atoms with Crippen LogP contribution in [0.15, 0.2) is 18.2 Å². The number of aliphatic hydroxyl groups is 2. The summed E-state index contributed by atoms with van der Waals surface area (Å²) in [7, 11) is 1.30. The number of Topliss-reactive ketones (excluding diaryl/α,β-unsaturated/α-hetero) is 2. The van der Waals surface area contributed by atoms with Gasteiger partial charge >= 0.3 is 5.97 Å². The van der Waals surface area contributed by atoms with Crippen LogP contribution in [0.5, 0.6) is 17.2 Å². The van der Waals surface area contributed by atoms with Crippen LogP contribution in [-0.2, 0) is 39.8 Å². The number of aromatic hydroxyl groups is 2. The van der Waals surface area contributed by atoms with Crippen LogP contribution in [0.25, 0.3) is 0 Å². The average molecular weight is 741 g/mol. The van der Waals surface area contributed by atoms with Gasteiger partial charge in [-0.1, -0.05) is 26.0 Å². The first-order valence-corrected chi connectivity index (χ1v) is 17.2. The lowest BCUT2D eigenvalue weighted by molar-refractivity contribution is -0.247. The van der Waals surface area contributed by atoms with Crippen LogP contribution >= 0.6 is 0 Å². The molecular weight excluding hydrogens is 696 g/mol. The number of hydrogen-bond acceptors (Lipinski definition) is 15. The van der Waals surface area contributed by atoms with Crippen LogP contribution in [0, 0.1) is 5.92 Å². The van der Waals surface area contributed by atoms with E-state index in [4.69, 9.17) is 24.7 Å². The minimum Gasteiger partial charge on any atom is -0.507 e. The van der Waals surface area contributed by atoms with Gasteiger partial charge in [0.15, 0.2) is 18.7 Å². The second kappa shape index (κ2) is 15.3. The Bertz CT molecular complexity index is 1840. The van der Waals surface area contributed by atoms with Crippen molar-refractivity contribution in [3.05, 3.63) is 51.6 Å². The van der Waals surface area contributed by atoms with E-state index >= 15 is 0 Å². The number of ether oxygens (including phenoxy) is 4. The van der Waals surface area contributed by atoms with E-state index in [2.05, 4.69) is 5.32 Å². The highest BCUT2D eigenvalue weighted by molar-refractivity contribution is 6.31. The summed E-state index contributed by atoms with van der Waals surface area (Å²) in [6.45, 7) is 5.14. The van der Waals surface area contributed by atoms with Crippen molar-refractivity contribution in [1.29, 1.82) is 0 Å². The van der Waals surface area contributed by atoms with E-state index in [1.165, 1.54) is 32.2 Å².